The average Bonchev–Trinajstić information content (AvgIpc) is 3.18. The second kappa shape index (κ2) is 8.53. The number of aromatic nitrogens is 1. The predicted octanol–water partition coefficient (Wildman–Crippen LogP) is 3.45. The van der Waals surface area contributed by atoms with Crippen LogP contribution in [0.3, 0.4) is 0 Å². The molecule has 1 atom stereocenters. The standard InChI is InChI=1S/C24H26N2O3/c1-16-6-8-17(9-7-16)15-29-21-11-10-18(13-22(21)27-2)23(28-3)20-14-26-24-19(20)5-4-12-25-24/h5-11,13-14,23H,4,12,15H2,1-3H3,(H,25,26). The molecule has 0 saturated heterocycles. The number of nitrogens with zero attached hydrogens (tertiary/aromatic N) is 1. The minimum Gasteiger partial charge on any atom is -0.493 e. The Bertz CT molecular complexity index is 1100. The van der Waals surface area contributed by atoms with Gasteiger partial charge in [-0.15, -0.1) is 0 Å². The lowest BCUT2D eigenvalue weighted by molar-refractivity contribution is 0.135. The molecule has 1 unspecified atom stereocenters. The van der Waals surface area contributed by atoms with Gasteiger partial charge in [-0.25, -0.2) is 0 Å². The second-order valence-corrected chi connectivity index (χ2v) is 7.18. The Kier molecular flexibility index (Phi) is 5.67. The van der Waals surface area contributed by atoms with E-state index in [1.54, 1.807) is 14.2 Å². The van der Waals surface area contributed by atoms with Gasteiger partial charge in [0.1, 0.15) is 18.2 Å². The highest BCUT2D eigenvalue weighted by Gasteiger charge is 2.19. The Morgan fingerprint density at radius 1 is 1.07 bits per heavy atom. The van der Waals surface area contributed by atoms with Crippen LogP contribution in [0.15, 0.2) is 53.7 Å². The summed E-state index contributed by atoms with van der Waals surface area (Å²) in [6, 6.07) is 14.3. The van der Waals surface area contributed by atoms with Crippen molar-refractivity contribution < 1.29 is 14.2 Å². The topological polar surface area (TPSA) is 55.8 Å². The summed E-state index contributed by atoms with van der Waals surface area (Å²) in [7, 11) is 3.38. The molecule has 0 amide bonds. The summed E-state index contributed by atoms with van der Waals surface area (Å²) in [6.07, 6.45) is 4.94. The summed E-state index contributed by atoms with van der Waals surface area (Å²) in [5, 5.41) is 1.13. The van der Waals surface area contributed by atoms with Gasteiger partial charge in [-0.3, -0.25) is 4.99 Å². The van der Waals surface area contributed by atoms with Crippen LogP contribution in [0.2, 0.25) is 0 Å². The van der Waals surface area contributed by atoms with Crippen molar-refractivity contribution in [2.75, 3.05) is 20.8 Å². The van der Waals surface area contributed by atoms with E-state index in [1.807, 2.05) is 24.4 Å². The van der Waals surface area contributed by atoms with E-state index in [0.717, 1.165) is 40.4 Å². The zero-order valence-electron chi connectivity index (χ0n) is 17.1. The Labute approximate surface area is 170 Å². The van der Waals surface area contributed by atoms with E-state index >= 15 is 0 Å². The number of hydrogen-bond donors (Lipinski definition) is 1. The zero-order chi connectivity index (χ0) is 20.2. The minimum atomic E-state index is -0.209. The lowest BCUT2D eigenvalue weighted by atomic mass is 10.0. The van der Waals surface area contributed by atoms with Crippen LogP contribution >= 0.6 is 0 Å². The van der Waals surface area contributed by atoms with Crippen LogP contribution in [0.4, 0.5) is 0 Å². The largest absolute Gasteiger partial charge is 0.493 e. The van der Waals surface area contributed by atoms with Gasteiger partial charge in [-0.1, -0.05) is 42.0 Å². The maximum Gasteiger partial charge on any atom is 0.161 e. The van der Waals surface area contributed by atoms with Crippen molar-refractivity contribution in [3.05, 3.63) is 81.6 Å². The second-order valence-electron chi connectivity index (χ2n) is 7.18. The molecule has 1 aliphatic rings. The molecule has 1 aromatic heterocycles. The van der Waals surface area contributed by atoms with Crippen molar-refractivity contribution in [1.29, 1.82) is 0 Å². The normalized spacial score (nSPS) is 13.8. The highest BCUT2D eigenvalue weighted by molar-refractivity contribution is 5.46. The number of aromatic amines is 1. The molecule has 0 spiro atoms. The minimum absolute atomic E-state index is 0.209. The molecular formula is C24H26N2O3. The molecule has 1 aliphatic heterocycles. The maximum atomic E-state index is 6.01. The van der Waals surface area contributed by atoms with E-state index in [4.69, 9.17) is 14.2 Å². The number of fused-ring (bicyclic) bond motifs is 1. The fraction of sp³-hybridized carbons (Fsp3) is 0.292. The van der Waals surface area contributed by atoms with E-state index in [1.165, 1.54) is 5.56 Å². The number of rotatable bonds is 7. The summed E-state index contributed by atoms with van der Waals surface area (Å²) in [5.74, 6) is 1.40. The van der Waals surface area contributed by atoms with Gasteiger partial charge in [0.25, 0.3) is 0 Å². The SMILES string of the molecule is COc1cc(C(OC)c2c[nH]c3c2=CCCN=3)ccc1OCc1ccc(C)cc1. The van der Waals surface area contributed by atoms with E-state index in [-0.39, 0.29) is 6.10 Å². The van der Waals surface area contributed by atoms with E-state index in [0.29, 0.717) is 18.1 Å². The zero-order valence-corrected chi connectivity index (χ0v) is 17.1. The number of benzene rings is 2. The lowest BCUT2D eigenvalue weighted by Crippen LogP contribution is -2.30. The van der Waals surface area contributed by atoms with E-state index < -0.39 is 0 Å². The number of methoxy groups -OCH3 is 2. The first-order valence-corrected chi connectivity index (χ1v) is 9.80. The molecule has 2 heterocycles. The summed E-state index contributed by atoms with van der Waals surface area (Å²) >= 11 is 0. The van der Waals surface area contributed by atoms with Crippen molar-refractivity contribution in [3.63, 3.8) is 0 Å². The molecule has 0 saturated carbocycles. The van der Waals surface area contributed by atoms with Gasteiger partial charge in [0, 0.05) is 30.6 Å². The van der Waals surface area contributed by atoms with E-state index in [9.17, 15) is 0 Å². The van der Waals surface area contributed by atoms with Crippen LogP contribution in [0, 0.1) is 6.92 Å². The average molecular weight is 390 g/mol. The van der Waals surface area contributed by atoms with Gasteiger partial charge in [0.15, 0.2) is 11.5 Å². The quantitative estimate of drug-likeness (QED) is 0.672. The lowest BCUT2D eigenvalue weighted by Gasteiger charge is -2.18. The molecule has 5 heteroatoms. The molecule has 29 heavy (non-hydrogen) atoms. The molecule has 3 aromatic rings. The predicted molar refractivity (Wildman–Crippen MR) is 113 cm³/mol. The van der Waals surface area contributed by atoms with Crippen molar-refractivity contribution in [1.82, 2.24) is 4.98 Å². The fourth-order valence-corrected chi connectivity index (χ4v) is 3.64. The smallest absolute Gasteiger partial charge is 0.161 e. The number of aryl methyl sites for hydroxylation is 1. The summed E-state index contributed by atoms with van der Waals surface area (Å²) in [4.78, 5) is 7.80. The third-order valence-electron chi connectivity index (χ3n) is 5.20. The van der Waals surface area contributed by atoms with Gasteiger partial charge in [-0.2, -0.15) is 0 Å². The monoisotopic (exact) mass is 390 g/mol. The first kappa shape index (κ1) is 19.3. The number of H-pyrrole nitrogens is 1. The molecule has 0 aliphatic carbocycles. The van der Waals surface area contributed by atoms with Gasteiger partial charge in [0.05, 0.1) is 7.11 Å². The highest BCUT2D eigenvalue weighted by atomic mass is 16.5. The van der Waals surface area contributed by atoms with Crippen LogP contribution in [-0.4, -0.2) is 25.7 Å². The van der Waals surface area contributed by atoms with Crippen molar-refractivity contribution in [3.8, 4) is 11.5 Å². The Balaban J connectivity index is 1.60. The molecule has 0 fully saturated rings. The van der Waals surface area contributed by atoms with Gasteiger partial charge in [-0.05, 0) is 36.6 Å². The molecule has 0 radical (unpaired) electrons. The summed E-state index contributed by atoms with van der Waals surface area (Å²) in [6.45, 7) is 3.39. The molecule has 1 N–H and O–H groups in total. The molecule has 2 aromatic carbocycles. The van der Waals surface area contributed by atoms with Crippen LogP contribution in [0.1, 0.15) is 34.8 Å². The first-order chi connectivity index (χ1) is 14.2. The Morgan fingerprint density at radius 2 is 1.90 bits per heavy atom. The fourth-order valence-electron chi connectivity index (χ4n) is 3.64. The third-order valence-corrected chi connectivity index (χ3v) is 5.20. The third kappa shape index (κ3) is 4.05. The van der Waals surface area contributed by atoms with Crippen LogP contribution in [-0.2, 0) is 11.3 Å². The summed E-state index contributed by atoms with van der Waals surface area (Å²) < 4.78 is 17.5. The Hall–Kier alpha value is -3.05. The van der Waals surface area contributed by atoms with Crippen LogP contribution in [0.5, 0.6) is 11.5 Å². The van der Waals surface area contributed by atoms with Crippen LogP contribution in [0.25, 0.3) is 6.08 Å². The number of hydrogen-bond acceptors (Lipinski definition) is 4. The Morgan fingerprint density at radius 3 is 2.66 bits per heavy atom. The van der Waals surface area contributed by atoms with Crippen LogP contribution < -0.4 is 20.2 Å². The molecule has 5 nitrogen and oxygen atoms in total. The number of ether oxygens (including phenoxy) is 3. The van der Waals surface area contributed by atoms with Crippen molar-refractivity contribution >= 4 is 6.08 Å². The molecule has 0 bridgehead atoms. The molecule has 4 rings (SSSR count). The van der Waals surface area contributed by atoms with Gasteiger partial charge in [0.2, 0.25) is 0 Å². The molecule has 150 valence electrons. The van der Waals surface area contributed by atoms with Gasteiger partial charge >= 0.3 is 0 Å². The first-order valence-electron chi connectivity index (χ1n) is 9.80. The maximum absolute atomic E-state index is 6.01. The number of nitrogens with one attached hydrogen (secondary N) is 1. The van der Waals surface area contributed by atoms with E-state index in [2.05, 4.69) is 47.2 Å². The van der Waals surface area contributed by atoms with Crippen molar-refractivity contribution in [2.24, 2.45) is 4.99 Å². The van der Waals surface area contributed by atoms with Crippen molar-refractivity contribution in [2.45, 2.75) is 26.1 Å². The molecular weight excluding hydrogens is 364 g/mol. The highest BCUT2D eigenvalue weighted by Crippen LogP contribution is 2.33. The van der Waals surface area contributed by atoms with Gasteiger partial charge < -0.3 is 19.2 Å². The summed E-state index contributed by atoms with van der Waals surface area (Å²) in [5.41, 5.74) is 5.38.